The zero-order chi connectivity index (χ0) is 11.4. The van der Waals surface area contributed by atoms with Crippen molar-refractivity contribution in [2.24, 2.45) is 5.73 Å². The SMILES string of the molecule is CC(CN)N(C)C(=O)COC(C)(C)C. The first-order valence-electron chi connectivity index (χ1n) is 4.87. The Balaban J connectivity index is 3.97. The van der Waals surface area contributed by atoms with Gasteiger partial charge in [0.1, 0.15) is 6.61 Å². The van der Waals surface area contributed by atoms with E-state index in [-0.39, 0.29) is 24.2 Å². The zero-order valence-corrected chi connectivity index (χ0v) is 9.83. The van der Waals surface area contributed by atoms with Gasteiger partial charge in [-0.2, -0.15) is 0 Å². The van der Waals surface area contributed by atoms with Gasteiger partial charge in [0.25, 0.3) is 0 Å². The van der Waals surface area contributed by atoms with Crippen molar-refractivity contribution < 1.29 is 9.53 Å². The van der Waals surface area contributed by atoms with E-state index in [2.05, 4.69) is 0 Å². The molecule has 0 aliphatic rings. The van der Waals surface area contributed by atoms with E-state index in [1.54, 1.807) is 11.9 Å². The second-order valence-corrected chi connectivity index (χ2v) is 4.49. The number of rotatable bonds is 4. The van der Waals surface area contributed by atoms with E-state index in [1.807, 2.05) is 27.7 Å². The van der Waals surface area contributed by atoms with Crippen molar-refractivity contribution in [3.05, 3.63) is 0 Å². The van der Waals surface area contributed by atoms with Gasteiger partial charge in [-0.05, 0) is 27.7 Å². The van der Waals surface area contributed by atoms with E-state index >= 15 is 0 Å². The Hall–Kier alpha value is -0.610. The first kappa shape index (κ1) is 13.4. The van der Waals surface area contributed by atoms with Crippen LogP contribution in [0.25, 0.3) is 0 Å². The lowest BCUT2D eigenvalue weighted by molar-refractivity contribution is -0.141. The van der Waals surface area contributed by atoms with Gasteiger partial charge in [0, 0.05) is 19.6 Å². The highest BCUT2D eigenvalue weighted by molar-refractivity contribution is 5.77. The van der Waals surface area contributed by atoms with Gasteiger partial charge in [-0.3, -0.25) is 4.79 Å². The molecule has 84 valence electrons. The third-order valence-electron chi connectivity index (χ3n) is 2.02. The van der Waals surface area contributed by atoms with E-state index in [0.717, 1.165) is 0 Å². The number of ether oxygens (including phenoxy) is 1. The molecule has 0 aromatic heterocycles. The molecule has 1 atom stereocenters. The van der Waals surface area contributed by atoms with Crippen LogP contribution < -0.4 is 5.73 Å². The normalized spacial score (nSPS) is 13.9. The minimum absolute atomic E-state index is 0.0297. The van der Waals surface area contributed by atoms with Crippen LogP contribution >= 0.6 is 0 Å². The number of carbonyl (C=O) groups is 1. The fourth-order valence-electron chi connectivity index (χ4n) is 0.784. The van der Waals surface area contributed by atoms with Crippen LogP contribution in [-0.4, -0.2) is 42.6 Å². The molecule has 0 rings (SSSR count). The standard InChI is InChI=1S/C10H22N2O2/c1-8(6-11)12(5)9(13)7-14-10(2,3)4/h8H,6-7,11H2,1-5H3. The fraction of sp³-hybridized carbons (Fsp3) is 0.900. The number of likely N-dealkylation sites (N-methyl/N-ethyl adjacent to an activating group) is 1. The van der Waals surface area contributed by atoms with E-state index in [0.29, 0.717) is 6.54 Å². The first-order chi connectivity index (χ1) is 6.28. The van der Waals surface area contributed by atoms with Gasteiger partial charge in [0.05, 0.1) is 5.60 Å². The number of nitrogens with zero attached hydrogens (tertiary/aromatic N) is 1. The molecule has 0 fully saturated rings. The van der Waals surface area contributed by atoms with Crippen molar-refractivity contribution in [1.82, 2.24) is 4.90 Å². The Morgan fingerprint density at radius 3 is 2.36 bits per heavy atom. The first-order valence-corrected chi connectivity index (χ1v) is 4.87. The average molecular weight is 202 g/mol. The summed E-state index contributed by atoms with van der Waals surface area (Å²) in [5.41, 5.74) is 5.18. The van der Waals surface area contributed by atoms with E-state index in [9.17, 15) is 4.79 Å². The lowest BCUT2D eigenvalue weighted by Gasteiger charge is -2.26. The van der Waals surface area contributed by atoms with Crippen LogP contribution in [0, 0.1) is 0 Å². The highest BCUT2D eigenvalue weighted by Gasteiger charge is 2.18. The predicted octanol–water partition coefficient (Wildman–Crippen LogP) is 0.607. The number of hydrogen-bond donors (Lipinski definition) is 1. The Labute approximate surface area is 86.4 Å². The summed E-state index contributed by atoms with van der Waals surface area (Å²) in [5, 5.41) is 0. The maximum atomic E-state index is 11.5. The van der Waals surface area contributed by atoms with Crippen LogP contribution in [0.15, 0.2) is 0 Å². The monoisotopic (exact) mass is 202 g/mol. The molecule has 2 N–H and O–H groups in total. The molecule has 0 bridgehead atoms. The average Bonchev–Trinajstić information content (AvgIpc) is 2.10. The molecule has 0 radical (unpaired) electrons. The summed E-state index contributed by atoms with van der Waals surface area (Å²) < 4.78 is 5.37. The quantitative estimate of drug-likeness (QED) is 0.726. The predicted molar refractivity (Wildman–Crippen MR) is 57.0 cm³/mol. The van der Waals surface area contributed by atoms with Crippen molar-refractivity contribution in [2.45, 2.75) is 39.3 Å². The minimum atomic E-state index is -0.275. The van der Waals surface area contributed by atoms with Gasteiger partial charge < -0.3 is 15.4 Å². The third kappa shape index (κ3) is 5.19. The van der Waals surface area contributed by atoms with E-state index in [4.69, 9.17) is 10.5 Å². The smallest absolute Gasteiger partial charge is 0.248 e. The van der Waals surface area contributed by atoms with Crippen LogP contribution in [0.1, 0.15) is 27.7 Å². The van der Waals surface area contributed by atoms with Crippen LogP contribution in [0.4, 0.5) is 0 Å². The molecule has 4 nitrogen and oxygen atoms in total. The molecule has 1 amide bonds. The fourth-order valence-corrected chi connectivity index (χ4v) is 0.784. The van der Waals surface area contributed by atoms with Crippen molar-refractivity contribution in [3.63, 3.8) is 0 Å². The zero-order valence-electron chi connectivity index (χ0n) is 9.83. The molecule has 0 spiro atoms. The molecule has 0 aromatic rings. The molecule has 0 aliphatic heterocycles. The van der Waals surface area contributed by atoms with Crippen molar-refractivity contribution >= 4 is 5.91 Å². The number of amides is 1. The summed E-state index contributed by atoms with van der Waals surface area (Å²) in [5.74, 6) is -0.0297. The molecule has 0 saturated carbocycles. The van der Waals surface area contributed by atoms with Crippen LogP contribution in [-0.2, 0) is 9.53 Å². The van der Waals surface area contributed by atoms with E-state index < -0.39 is 0 Å². The van der Waals surface area contributed by atoms with Crippen LogP contribution in [0.2, 0.25) is 0 Å². The maximum Gasteiger partial charge on any atom is 0.248 e. The highest BCUT2D eigenvalue weighted by atomic mass is 16.5. The van der Waals surface area contributed by atoms with Crippen molar-refractivity contribution in [1.29, 1.82) is 0 Å². The van der Waals surface area contributed by atoms with Gasteiger partial charge >= 0.3 is 0 Å². The molecule has 1 unspecified atom stereocenters. The summed E-state index contributed by atoms with van der Waals surface area (Å²) >= 11 is 0. The second-order valence-electron chi connectivity index (χ2n) is 4.49. The van der Waals surface area contributed by atoms with Crippen LogP contribution in [0.5, 0.6) is 0 Å². The van der Waals surface area contributed by atoms with E-state index in [1.165, 1.54) is 0 Å². The molecular formula is C10H22N2O2. The summed E-state index contributed by atoms with van der Waals surface area (Å²) in [6.45, 7) is 8.27. The van der Waals surface area contributed by atoms with Gasteiger partial charge in [0.15, 0.2) is 0 Å². The van der Waals surface area contributed by atoms with Crippen molar-refractivity contribution in [3.8, 4) is 0 Å². The Morgan fingerprint density at radius 2 is 2.00 bits per heavy atom. The topological polar surface area (TPSA) is 55.6 Å². The van der Waals surface area contributed by atoms with Gasteiger partial charge in [-0.1, -0.05) is 0 Å². The highest BCUT2D eigenvalue weighted by Crippen LogP contribution is 2.07. The van der Waals surface area contributed by atoms with Crippen molar-refractivity contribution in [2.75, 3.05) is 20.2 Å². The Kier molecular flexibility index (Phi) is 5.08. The lowest BCUT2D eigenvalue weighted by Crippen LogP contribution is -2.42. The minimum Gasteiger partial charge on any atom is -0.366 e. The van der Waals surface area contributed by atoms with Gasteiger partial charge in [0.2, 0.25) is 5.91 Å². The Morgan fingerprint density at radius 1 is 1.50 bits per heavy atom. The summed E-state index contributed by atoms with van der Waals surface area (Å²) in [4.78, 5) is 13.2. The summed E-state index contributed by atoms with van der Waals surface area (Å²) in [7, 11) is 1.74. The largest absolute Gasteiger partial charge is 0.366 e. The molecule has 4 heteroatoms. The molecule has 0 aromatic carbocycles. The third-order valence-corrected chi connectivity index (χ3v) is 2.02. The lowest BCUT2D eigenvalue weighted by atomic mass is 10.2. The second kappa shape index (κ2) is 5.32. The number of carbonyl (C=O) groups excluding carboxylic acids is 1. The maximum absolute atomic E-state index is 11.5. The molecule has 0 aliphatic carbocycles. The van der Waals surface area contributed by atoms with Gasteiger partial charge in [-0.25, -0.2) is 0 Å². The molecule has 0 heterocycles. The van der Waals surface area contributed by atoms with Gasteiger partial charge in [-0.15, -0.1) is 0 Å². The molecule has 14 heavy (non-hydrogen) atoms. The summed E-state index contributed by atoms with van der Waals surface area (Å²) in [6.07, 6.45) is 0. The number of nitrogens with two attached hydrogens (primary N) is 1. The van der Waals surface area contributed by atoms with Crippen LogP contribution in [0.3, 0.4) is 0 Å². The molecule has 0 saturated heterocycles. The Bertz CT molecular complexity index is 187. The number of hydrogen-bond acceptors (Lipinski definition) is 3. The molecular weight excluding hydrogens is 180 g/mol. The summed E-state index contributed by atoms with van der Waals surface area (Å²) in [6, 6.07) is 0.0612.